The molecule has 0 spiro atoms. The molecule has 1 amide bonds. The van der Waals surface area contributed by atoms with Crippen LogP contribution in [0, 0.1) is 6.92 Å². The molecule has 1 aromatic heterocycles. The van der Waals surface area contributed by atoms with Crippen molar-refractivity contribution in [1.29, 1.82) is 0 Å². The smallest absolute Gasteiger partial charge is 0.251 e. The number of benzene rings is 1. The maximum atomic E-state index is 12.1. The number of rotatable bonds is 7. The number of nitrogens with zero attached hydrogens (tertiary/aromatic N) is 3. The number of methoxy groups -OCH3 is 1. The topological polar surface area (TPSA) is 79.4 Å². The maximum Gasteiger partial charge on any atom is 0.251 e. The zero-order valence-electron chi connectivity index (χ0n) is 14.5. The van der Waals surface area contributed by atoms with Gasteiger partial charge in [-0.2, -0.15) is 0 Å². The number of carbonyl (C=O) groups is 1. The summed E-state index contributed by atoms with van der Waals surface area (Å²) in [6, 6.07) is 8.93. The Bertz CT molecular complexity index is 703. The standard InChI is InChI=1S/C17H23N5O2/c1-12-20-15(11-16(21-12)22(2)3)18-8-9-19-17(23)13-6-5-7-14(10-13)24-4/h5-7,10-11H,8-9H2,1-4H3,(H,19,23)(H,18,20,21). The Morgan fingerprint density at radius 1 is 1.21 bits per heavy atom. The van der Waals surface area contributed by atoms with E-state index in [-0.39, 0.29) is 5.91 Å². The molecule has 0 bridgehead atoms. The van der Waals surface area contributed by atoms with Gasteiger partial charge >= 0.3 is 0 Å². The third-order valence-electron chi connectivity index (χ3n) is 3.33. The highest BCUT2D eigenvalue weighted by Gasteiger charge is 2.06. The molecule has 24 heavy (non-hydrogen) atoms. The van der Waals surface area contributed by atoms with Gasteiger partial charge in [0.2, 0.25) is 0 Å². The van der Waals surface area contributed by atoms with Crippen LogP contribution >= 0.6 is 0 Å². The van der Waals surface area contributed by atoms with E-state index in [2.05, 4.69) is 20.6 Å². The molecule has 2 N–H and O–H groups in total. The average Bonchev–Trinajstić information content (AvgIpc) is 2.58. The SMILES string of the molecule is COc1cccc(C(=O)NCCNc2cc(N(C)C)nc(C)n2)c1. The summed E-state index contributed by atoms with van der Waals surface area (Å²) in [6.45, 7) is 2.90. The van der Waals surface area contributed by atoms with E-state index in [1.165, 1.54) is 0 Å². The molecule has 0 unspecified atom stereocenters. The predicted octanol–water partition coefficient (Wildman–Crippen LogP) is 1.70. The highest BCUT2D eigenvalue weighted by molar-refractivity contribution is 5.94. The van der Waals surface area contributed by atoms with Crippen LogP contribution in [-0.4, -0.2) is 50.2 Å². The summed E-state index contributed by atoms with van der Waals surface area (Å²) in [4.78, 5) is 22.7. The van der Waals surface area contributed by atoms with Crippen LogP contribution in [-0.2, 0) is 0 Å². The molecule has 1 aromatic carbocycles. The van der Waals surface area contributed by atoms with Gasteiger partial charge in [0.15, 0.2) is 0 Å². The zero-order chi connectivity index (χ0) is 17.5. The molecule has 1 heterocycles. The number of hydrogen-bond donors (Lipinski definition) is 2. The quantitative estimate of drug-likeness (QED) is 0.753. The second-order valence-electron chi connectivity index (χ2n) is 5.47. The number of aryl methyl sites for hydroxylation is 1. The van der Waals surface area contributed by atoms with Crippen molar-refractivity contribution in [3.05, 3.63) is 41.7 Å². The minimum absolute atomic E-state index is 0.136. The van der Waals surface area contributed by atoms with Crippen molar-refractivity contribution in [3.63, 3.8) is 0 Å². The average molecular weight is 329 g/mol. The summed E-state index contributed by atoms with van der Waals surface area (Å²) in [7, 11) is 5.44. The van der Waals surface area contributed by atoms with Crippen LogP contribution in [0.3, 0.4) is 0 Å². The molecule has 0 saturated heterocycles. The van der Waals surface area contributed by atoms with Crippen molar-refractivity contribution in [2.45, 2.75) is 6.92 Å². The highest BCUT2D eigenvalue weighted by atomic mass is 16.5. The number of aromatic nitrogens is 2. The van der Waals surface area contributed by atoms with Crippen LogP contribution in [0.4, 0.5) is 11.6 Å². The Kier molecular flexibility index (Phi) is 5.95. The monoisotopic (exact) mass is 329 g/mol. The van der Waals surface area contributed by atoms with E-state index in [1.54, 1.807) is 31.4 Å². The molecular formula is C17H23N5O2. The van der Waals surface area contributed by atoms with Gasteiger partial charge in [0, 0.05) is 38.8 Å². The van der Waals surface area contributed by atoms with Gasteiger partial charge in [-0.1, -0.05) is 6.07 Å². The van der Waals surface area contributed by atoms with E-state index in [0.29, 0.717) is 30.2 Å². The van der Waals surface area contributed by atoms with E-state index in [9.17, 15) is 4.79 Å². The van der Waals surface area contributed by atoms with Gasteiger partial charge in [-0.05, 0) is 25.1 Å². The van der Waals surface area contributed by atoms with Gasteiger partial charge in [-0.15, -0.1) is 0 Å². The fraction of sp³-hybridized carbons (Fsp3) is 0.353. The lowest BCUT2D eigenvalue weighted by Crippen LogP contribution is -2.29. The Labute approximate surface area is 142 Å². The number of hydrogen-bond acceptors (Lipinski definition) is 6. The predicted molar refractivity (Wildman–Crippen MR) is 94.9 cm³/mol. The number of nitrogens with one attached hydrogen (secondary N) is 2. The van der Waals surface area contributed by atoms with Gasteiger partial charge in [0.1, 0.15) is 23.2 Å². The van der Waals surface area contributed by atoms with Gasteiger partial charge in [0.25, 0.3) is 5.91 Å². The summed E-state index contributed by atoms with van der Waals surface area (Å²) in [5.74, 6) is 2.80. The number of carbonyl (C=O) groups excluding carboxylic acids is 1. The van der Waals surface area contributed by atoms with E-state index in [1.807, 2.05) is 32.0 Å². The van der Waals surface area contributed by atoms with Gasteiger partial charge in [-0.3, -0.25) is 4.79 Å². The molecule has 7 nitrogen and oxygen atoms in total. The van der Waals surface area contributed by atoms with Gasteiger partial charge in [0.05, 0.1) is 7.11 Å². The van der Waals surface area contributed by atoms with Crippen LogP contribution in [0.1, 0.15) is 16.2 Å². The summed E-state index contributed by atoms with van der Waals surface area (Å²) < 4.78 is 5.12. The van der Waals surface area contributed by atoms with Crippen molar-refractivity contribution in [2.75, 3.05) is 44.5 Å². The third-order valence-corrected chi connectivity index (χ3v) is 3.33. The largest absolute Gasteiger partial charge is 0.497 e. The first-order chi connectivity index (χ1) is 11.5. The summed E-state index contributed by atoms with van der Waals surface area (Å²) >= 11 is 0. The molecule has 0 saturated carbocycles. The maximum absolute atomic E-state index is 12.1. The molecule has 2 rings (SSSR count). The number of ether oxygens (including phenoxy) is 1. The van der Waals surface area contributed by atoms with Gasteiger partial charge in [-0.25, -0.2) is 9.97 Å². The molecule has 0 fully saturated rings. The van der Waals surface area contributed by atoms with E-state index in [4.69, 9.17) is 4.74 Å². The third kappa shape index (κ3) is 4.84. The normalized spacial score (nSPS) is 10.2. The second-order valence-corrected chi connectivity index (χ2v) is 5.47. The van der Waals surface area contributed by atoms with Crippen molar-refractivity contribution >= 4 is 17.5 Å². The van der Waals surface area contributed by atoms with Crippen molar-refractivity contribution < 1.29 is 9.53 Å². The molecule has 2 aromatic rings. The fourth-order valence-corrected chi connectivity index (χ4v) is 2.10. The first-order valence-electron chi connectivity index (χ1n) is 7.68. The van der Waals surface area contributed by atoms with Crippen molar-refractivity contribution in [2.24, 2.45) is 0 Å². The first kappa shape index (κ1) is 17.5. The molecule has 0 aliphatic heterocycles. The molecule has 0 aliphatic rings. The Balaban J connectivity index is 1.85. The van der Waals surface area contributed by atoms with Gasteiger partial charge < -0.3 is 20.3 Å². The minimum atomic E-state index is -0.136. The lowest BCUT2D eigenvalue weighted by molar-refractivity contribution is 0.0955. The molecule has 7 heteroatoms. The molecular weight excluding hydrogens is 306 g/mol. The van der Waals surface area contributed by atoms with E-state index >= 15 is 0 Å². The summed E-state index contributed by atoms with van der Waals surface area (Å²) in [5, 5.41) is 6.05. The van der Waals surface area contributed by atoms with Crippen LogP contribution in [0.5, 0.6) is 5.75 Å². The zero-order valence-corrected chi connectivity index (χ0v) is 14.5. The molecule has 0 radical (unpaired) electrons. The fourth-order valence-electron chi connectivity index (χ4n) is 2.10. The Hall–Kier alpha value is -2.83. The Morgan fingerprint density at radius 3 is 2.71 bits per heavy atom. The highest BCUT2D eigenvalue weighted by Crippen LogP contribution is 2.13. The first-order valence-corrected chi connectivity index (χ1v) is 7.68. The van der Waals surface area contributed by atoms with E-state index in [0.717, 1.165) is 11.6 Å². The number of anilines is 2. The lowest BCUT2D eigenvalue weighted by atomic mass is 10.2. The van der Waals surface area contributed by atoms with Crippen LogP contribution in [0.25, 0.3) is 0 Å². The van der Waals surface area contributed by atoms with Crippen LogP contribution in [0.2, 0.25) is 0 Å². The lowest BCUT2D eigenvalue weighted by Gasteiger charge is -2.14. The Morgan fingerprint density at radius 2 is 2.00 bits per heavy atom. The molecule has 0 atom stereocenters. The van der Waals surface area contributed by atoms with E-state index < -0.39 is 0 Å². The number of amides is 1. The molecule has 128 valence electrons. The summed E-state index contributed by atoms with van der Waals surface area (Å²) in [6.07, 6.45) is 0. The van der Waals surface area contributed by atoms with Crippen molar-refractivity contribution in [3.8, 4) is 5.75 Å². The molecule has 0 aliphatic carbocycles. The van der Waals surface area contributed by atoms with Crippen molar-refractivity contribution in [1.82, 2.24) is 15.3 Å². The van der Waals surface area contributed by atoms with Crippen LogP contribution in [0.15, 0.2) is 30.3 Å². The summed E-state index contributed by atoms with van der Waals surface area (Å²) in [5.41, 5.74) is 0.571. The minimum Gasteiger partial charge on any atom is -0.497 e. The van der Waals surface area contributed by atoms with Crippen LogP contribution < -0.4 is 20.3 Å². The second kappa shape index (κ2) is 8.14.